The van der Waals surface area contributed by atoms with E-state index in [-0.39, 0.29) is 5.91 Å². The van der Waals surface area contributed by atoms with Crippen LogP contribution in [0, 0.1) is 0 Å². The molecule has 1 aromatic heterocycles. The Hall–Kier alpha value is -3.66. The van der Waals surface area contributed by atoms with Crippen LogP contribution in [-0.4, -0.2) is 19.6 Å². The fourth-order valence-electron chi connectivity index (χ4n) is 3.47. The number of methoxy groups -OCH3 is 1. The van der Waals surface area contributed by atoms with Crippen LogP contribution in [0.2, 0.25) is 0 Å². The number of fused-ring (bicyclic) bond motifs is 1. The summed E-state index contributed by atoms with van der Waals surface area (Å²) < 4.78 is 7.41. The largest absolute Gasteiger partial charge is 0.497 e. The Bertz CT molecular complexity index is 1140. The molecule has 0 aliphatic rings. The lowest BCUT2D eigenvalue weighted by atomic mass is 10.1. The highest BCUT2D eigenvalue weighted by molar-refractivity contribution is 5.98. The summed E-state index contributed by atoms with van der Waals surface area (Å²) in [5, 5.41) is 5.10. The Morgan fingerprint density at radius 2 is 1.60 bits per heavy atom. The molecule has 0 aliphatic heterocycles. The number of nitrogens with zero attached hydrogens (tertiary/aromatic N) is 1. The number of hydrogen-bond acceptors (Lipinski definition) is 2. The van der Waals surface area contributed by atoms with E-state index in [0.717, 1.165) is 29.5 Å². The number of ether oxygens (including phenoxy) is 1. The van der Waals surface area contributed by atoms with Crippen molar-refractivity contribution < 1.29 is 14.1 Å². The van der Waals surface area contributed by atoms with Crippen molar-refractivity contribution in [2.24, 2.45) is 0 Å². The zero-order valence-electron chi connectivity index (χ0n) is 17.0. The molecule has 30 heavy (non-hydrogen) atoms. The lowest BCUT2D eigenvalue weighted by molar-refractivity contribution is -0.688. The van der Waals surface area contributed by atoms with Crippen molar-refractivity contribution in [1.29, 1.82) is 0 Å². The first-order valence-corrected chi connectivity index (χ1v) is 10.1. The Labute approximate surface area is 176 Å². The van der Waals surface area contributed by atoms with E-state index in [0.29, 0.717) is 12.1 Å². The summed E-state index contributed by atoms with van der Waals surface area (Å²) in [4.78, 5) is 12.5. The molecule has 0 fully saturated rings. The van der Waals surface area contributed by atoms with Gasteiger partial charge in [-0.25, -0.2) is 4.57 Å². The van der Waals surface area contributed by atoms with Crippen molar-refractivity contribution >= 4 is 16.7 Å². The van der Waals surface area contributed by atoms with Crippen molar-refractivity contribution in [2.75, 3.05) is 13.7 Å². The van der Waals surface area contributed by atoms with Crippen LogP contribution < -0.4 is 14.6 Å². The van der Waals surface area contributed by atoms with Gasteiger partial charge in [-0.2, -0.15) is 0 Å². The molecular weight excluding hydrogens is 372 g/mol. The van der Waals surface area contributed by atoms with Gasteiger partial charge in [0.05, 0.1) is 7.11 Å². The van der Waals surface area contributed by atoms with Crippen LogP contribution in [0.3, 0.4) is 0 Å². The van der Waals surface area contributed by atoms with Gasteiger partial charge in [-0.3, -0.25) is 4.79 Å². The molecule has 0 spiro atoms. The monoisotopic (exact) mass is 397 g/mol. The summed E-state index contributed by atoms with van der Waals surface area (Å²) in [7, 11) is 1.65. The lowest BCUT2D eigenvalue weighted by Gasteiger charge is -2.07. The maximum Gasteiger partial charge on any atom is 0.251 e. The van der Waals surface area contributed by atoms with Crippen LogP contribution in [0.15, 0.2) is 91.3 Å². The molecule has 0 unspecified atom stereocenters. The van der Waals surface area contributed by atoms with Gasteiger partial charge in [-0.1, -0.05) is 42.5 Å². The zero-order valence-corrected chi connectivity index (χ0v) is 17.0. The third-order valence-electron chi connectivity index (χ3n) is 5.18. The Morgan fingerprint density at radius 1 is 0.867 bits per heavy atom. The third kappa shape index (κ3) is 4.84. The highest BCUT2D eigenvalue weighted by Gasteiger charge is 2.08. The summed E-state index contributed by atoms with van der Waals surface area (Å²) in [5.74, 6) is 0.760. The molecule has 1 heterocycles. The number of carbonyl (C=O) groups excluding carboxylic acids is 1. The second-order valence-electron chi connectivity index (χ2n) is 7.30. The fraction of sp³-hybridized carbons (Fsp3) is 0.154. The van der Waals surface area contributed by atoms with Crippen LogP contribution >= 0.6 is 0 Å². The van der Waals surface area contributed by atoms with Crippen LogP contribution in [0.4, 0.5) is 0 Å². The van der Waals surface area contributed by atoms with Gasteiger partial charge >= 0.3 is 0 Å². The van der Waals surface area contributed by atoms with E-state index in [4.69, 9.17) is 4.74 Å². The normalized spacial score (nSPS) is 10.7. The van der Waals surface area contributed by atoms with Gasteiger partial charge in [0.25, 0.3) is 5.91 Å². The molecule has 0 saturated heterocycles. The molecule has 1 N–H and O–H groups in total. The number of hydrogen-bond donors (Lipinski definition) is 1. The van der Waals surface area contributed by atoms with Crippen LogP contribution in [0.5, 0.6) is 5.75 Å². The smallest absolute Gasteiger partial charge is 0.251 e. The van der Waals surface area contributed by atoms with Crippen molar-refractivity contribution in [1.82, 2.24) is 5.32 Å². The number of carbonyl (C=O) groups is 1. The maximum atomic E-state index is 12.5. The Morgan fingerprint density at radius 3 is 2.37 bits per heavy atom. The topological polar surface area (TPSA) is 42.2 Å². The van der Waals surface area contributed by atoms with Gasteiger partial charge in [0.15, 0.2) is 18.9 Å². The quantitative estimate of drug-likeness (QED) is 0.476. The number of amides is 1. The molecule has 1 amide bonds. The van der Waals surface area contributed by atoms with E-state index in [1.165, 1.54) is 11.1 Å². The summed E-state index contributed by atoms with van der Waals surface area (Å²) in [5.41, 5.74) is 3.14. The maximum absolute atomic E-state index is 12.5. The zero-order chi connectivity index (χ0) is 20.8. The minimum absolute atomic E-state index is 0.0530. The van der Waals surface area contributed by atoms with Crippen molar-refractivity contribution in [3.8, 4) is 5.75 Å². The predicted octanol–water partition coefficient (Wildman–Crippen LogP) is 4.16. The summed E-state index contributed by atoms with van der Waals surface area (Å²) in [6.45, 7) is 1.45. The summed E-state index contributed by atoms with van der Waals surface area (Å²) >= 11 is 0. The van der Waals surface area contributed by atoms with Crippen molar-refractivity contribution in [3.05, 3.63) is 108 Å². The minimum Gasteiger partial charge on any atom is -0.497 e. The molecule has 0 atom stereocenters. The molecule has 4 aromatic rings. The van der Waals surface area contributed by atoms with E-state index in [2.05, 4.69) is 58.7 Å². The van der Waals surface area contributed by atoms with E-state index in [1.54, 1.807) is 7.11 Å². The van der Waals surface area contributed by atoms with Crippen molar-refractivity contribution in [2.45, 2.75) is 13.0 Å². The highest BCUT2D eigenvalue weighted by Crippen LogP contribution is 2.21. The molecule has 3 aromatic carbocycles. The van der Waals surface area contributed by atoms with Crippen LogP contribution in [0.25, 0.3) is 10.8 Å². The molecule has 0 radical (unpaired) electrons. The van der Waals surface area contributed by atoms with Gasteiger partial charge in [0, 0.05) is 29.8 Å². The fourth-order valence-corrected chi connectivity index (χ4v) is 3.47. The van der Waals surface area contributed by atoms with Gasteiger partial charge in [-0.05, 0) is 47.0 Å². The molecule has 0 saturated carbocycles. The second-order valence-corrected chi connectivity index (χ2v) is 7.30. The first kappa shape index (κ1) is 19.6. The standard InChI is InChI=1S/C26H24N2O2/c1-30-25-10-9-22-17-24(8-7-23(22)18-25)26(29)27-14-11-20-12-15-28(16-13-20)19-21-5-3-2-4-6-21/h2-10,12-13,15-18H,11,14,19H2,1H3/p+1. The molecular formula is C26H25N2O2+. The number of benzene rings is 3. The molecule has 4 heteroatoms. The SMILES string of the molecule is COc1ccc2cc(C(=O)NCCc3cc[n+](Cc4ccccc4)cc3)ccc2c1. The lowest BCUT2D eigenvalue weighted by Crippen LogP contribution is -2.33. The van der Waals surface area contributed by atoms with Gasteiger partial charge in [0.2, 0.25) is 0 Å². The van der Waals surface area contributed by atoms with Crippen molar-refractivity contribution in [3.63, 3.8) is 0 Å². The molecule has 0 aliphatic carbocycles. The first-order chi connectivity index (χ1) is 14.7. The number of pyridine rings is 1. The first-order valence-electron chi connectivity index (χ1n) is 10.1. The number of nitrogens with one attached hydrogen (secondary N) is 1. The second kappa shape index (κ2) is 9.23. The molecule has 0 bridgehead atoms. The average molecular weight is 397 g/mol. The van der Waals surface area contributed by atoms with E-state index < -0.39 is 0 Å². The predicted molar refractivity (Wildman–Crippen MR) is 119 cm³/mol. The Balaban J connectivity index is 1.31. The number of rotatable bonds is 7. The van der Waals surface area contributed by atoms with Gasteiger partial charge in [0.1, 0.15) is 5.75 Å². The summed E-state index contributed by atoms with van der Waals surface area (Å²) in [6.07, 6.45) is 4.96. The van der Waals surface area contributed by atoms with Gasteiger partial charge < -0.3 is 10.1 Å². The van der Waals surface area contributed by atoms with Crippen LogP contribution in [0.1, 0.15) is 21.5 Å². The van der Waals surface area contributed by atoms with E-state index in [1.807, 2.05) is 42.5 Å². The number of aromatic nitrogens is 1. The molecule has 4 rings (SSSR count). The summed E-state index contributed by atoms with van der Waals surface area (Å²) in [6, 6.07) is 26.2. The molecule has 150 valence electrons. The van der Waals surface area contributed by atoms with E-state index in [9.17, 15) is 4.79 Å². The van der Waals surface area contributed by atoms with E-state index >= 15 is 0 Å². The Kier molecular flexibility index (Phi) is 6.04. The van der Waals surface area contributed by atoms with Crippen LogP contribution in [-0.2, 0) is 13.0 Å². The molecule has 4 nitrogen and oxygen atoms in total. The van der Waals surface area contributed by atoms with Gasteiger partial charge in [-0.15, -0.1) is 0 Å². The average Bonchev–Trinajstić information content (AvgIpc) is 2.80. The highest BCUT2D eigenvalue weighted by atomic mass is 16.5. The minimum atomic E-state index is -0.0530. The third-order valence-corrected chi connectivity index (χ3v) is 5.18.